The largest absolute Gasteiger partial charge is 0.494 e. The standard InChI is InChI=1S/C16H23BO4.C12H10O2.C7H6BrClFN.C6H4BrF3O.H18P16/c1-14(2,13(18)19)11-8-7-9-12(10-11)17-20-15(3,4)16(5,6)21-17;1-8-6-7-9-4-2-3-5-10(9)11(8)12(13)14;8-4-1-6(9)5(3-11)7(10)2-4;7-3-4-1-2-5(11-4)6(8,9)10;1-10(2)14(9)16(13(7)8)15(11(3)4)12(5)6/h7-10H,1-6H3,(H,18,19);2-7H,1H3,(H,13,14);1-2H,3,11H2;1-2H,3H2;1-9H2. The maximum atomic E-state index is 12.9. The van der Waals surface area contributed by atoms with Gasteiger partial charge in [0.15, 0.2) is 0 Å². The number of carboxylic acids is 2. The van der Waals surface area contributed by atoms with Crippen LogP contribution in [0.4, 0.5) is 17.6 Å². The van der Waals surface area contributed by atoms with Crippen molar-refractivity contribution in [1.82, 2.24) is 0 Å². The molecule has 0 saturated carbocycles. The van der Waals surface area contributed by atoms with E-state index in [1.807, 2.05) is 95.3 Å². The van der Waals surface area contributed by atoms with E-state index in [2.05, 4.69) is 117 Å². The molecule has 0 radical (unpaired) electrons. The number of carbonyl (C=O) groups is 2. The van der Waals surface area contributed by atoms with Crippen molar-refractivity contribution in [2.24, 2.45) is 5.73 Å². The molecule has 4 aromatic carbocycles. The van der Waals surface area contributed by atoms with Gasteiger partial charge in [-0.25, -0.2) is 9.18 Å². The highest BCUT2D eigenvalue weighted by Gasteiger charge is 2.52. The zero-order chi connectivity index (χ0) is 56.1. The van der Waals surface area contributed by atoms with Crippen LogP contribution < -0.4 is 11.2 Å². The molecule has 6 rings (SSSR count). The molecule has 0 amide bonds. The molecule has 8 nitrogen and oxygen atoms in total. The number of furan rings is 1. The number of benzene rings is 4. The van der Waals surface area contributed by atoms with E-state index in [4.69, 9.17) is 31.7 Å². The van der Waals surface area contributed by atoms with Crippen molar-refractivity contribution in [2.75, 3.05) is 0 Å². The molecule has 1 aliphatic rings. The number of carboxylic acid groups (broad SMARTS) is 2. The Morgan fingerprint density at radius 3 is 1.75 bits per heavy atom. The SMILES string of the molecule is CC(C)(C(=O)O)c1cccc(B2OC(C)(C)C(C)(C)O2)c1.Cc1ccc2ccccc2c1C(=O)O.FC(F)(F)c1ccc(CBr)o1.NCc1c(F)cc(Br)cc1Cl.PP(P)P(P)P(P(P)P)P(P(P)P)P(P)P. The molecule has 11 unspecified atom stereocenters. The van der Waals surface area contributed by atoms with Gasteiger partial charge in [0.2, 0.25) is 5.76 Å². The van der Waals surface area contributed by atoms with Gasteiger partial charge in [0, 0.05) is 21.6 Å². The zero-order valence-corrected chi connectivity index (χ0v) is 61.1. The summed E-state index contributed by atoms with van der Waals surface area (Å²) in [6, 6.07) is 23.9. The second kappa shape index (κ2) is 32.9. The van der Waals surface area contributed by atoms with Gasteiger partial charge >= 0.3 is 25.2 Å². The topological polar surface area (TPSA) is 132 Å². The van der Waals surface area contributed by atoms with E-state index < -0.39 is 47.6 Å². The second-order valence-electron chi connectivity index (χ2n) is 16.8. The van der Waals surface area contributed by atoms with E-state index in [9.17, 15) is 32.3 Å². The van der Waals surface area contributed by atoms with E-state index in [1.54, 1.807) is 19.9 Å². The van der Waals surface area contributed by atoms with Crippen LogP contribution >= 0.6 is 173 Å². The summed E-state index contributed by atoms with van der Waals surface area (Å²) in [5.41, 5.74) is 6.65. The molecule has 404 valence electrons. The number of nitrogens with two attached hydrogens (primary N) is 1. The molecule has 1 saturated heterocycles. The van der Waals surface area contributed by atoms with Crippen LogP contribution in [0.5, 0.6) is 0 Å². The first kappa shape index (κ1) is 72.3. The summed E-state index contributed by atoms with van der Waals surface area (Å²) < 4.78 is 65.5. The number of aryl methyl sites for hydroxylation is 1. The average Bonchev–Trinajstić information content (AvgIpc) is 3.86. The average molecular weight is 1460 g/mol. The van der Waals surface area contributed by atoms with E-state index >= 15 is 0 Å². The van der Waals surface area contributed by atoms with Crippen molar-refractivity contribution < 1.29 is 51.1 Å². The van der Waals surface area contributed by atoms with E-state index in [0.29, 0.717) is 26.0 Å². The minimum absolute atomic E-state index is 0.0635. The fourth-order valence-corrected chi connectivity index (χ4v) is 171. The van der Waals surface area contributed by atoms with Crippen LogP contribution in [-0.2, 0) is 37.6 Å². The second-order valence-corrected chi connectivity index (χ2v) is 80.4. The Kier molecular flexibility index (Phi) is 32.5. The molecule has 73 heavy (non-hydrogen) atoms. The van der Waals surface area contributed by atoms with Crippen molar-refractivity contribution in [3.8, 4) is 0 Å². The van der Waals surface area contributed by atoms with Gasteiger partial charge in [-0.1, -0.05) is 104 Å². The van der Waals surface area contributed by atoms with Gasteiger partial charge in [-0.3, -0.25) is 4.79 Å². The Hall–Kier alpha value is 3.15. The maximum absolute atomic E-state index is 12.9. The number of rotatable bonds is 12. The van der Waals surface area contributed by atoms with Crippen molar-refractivity contribution in [1.29, 1.82) is 0 Å². The Bertz CT molecular complexity index is 2560. The zero-order valence-electron chi connectivity index (χ0n) is 40.6. The molecule has 2 heterocycles. The first-order valence-corrected chi connectivity index (χ1v) is 51.3. The Morgan fingerprint density at radius 2 is 1.33 bits per heavy atom. The summed E-state index contributed by atoms with van der Waals surface area (Å²) in [7, 11) is 27.3. The van der Waals surface area contributed by atoms with Gasteiger partial charge in [0.05, 0.1) is 27.5 Å². The summed E-state index contributed by atoms with van der Waals surface area (Å²) in [6.45, 7) is 14.1. The van der Waals surface area contributed by atoms with Crippen LogP contribution in [0.15, 0.2) is 93.8 Å². The molecule has 0 spiro atoms. The molecule has 11 atom stereocenters. The summed E-state index contributed by atoms with van der Waals surface area (Å²) in [4.78, 5) is 22.4. The van der Waals surface area contributed by atoms with Crippen LogP contribution in [0.25, 0.3) is 10.8 Å². The van der Waals surface area contributed by atoms with Gasteiger partial charge in [0.1, 0.15) is 11.6 Å². The fourth-order valence-electron chi connectivity index (χ4n) is 5.89. The minimum Gasteiger partial charge on any atom is -0.481 e. The smallest absolute Gasteiger partial charge is 0.481 e. The highest BCUT2D eigenvalue weighted by molar-refractivity contribution is 9.30. The number of fused-ring (bicyclic) bond motifs is 1. The lowest BCUT2D eigenvalue weighted by atomic mass is 9.75. The van der Waals surface area contributed by atoms with Crippen LogP contribution in [-0.4, -0.2) is 40.5 Å². The van der Waals surface area contributed by atoms with Crippen molar-refractivity contribution in [3.05, 3.63) is 134 Å². The van der Waals surface area contributed by atoms with Crippen LogP contribution in [0, 0.1) is 12.7 Å². The predicted octanol–water partition coefficient (Wildman–Crippen LogP) is 20.0. The van der Waals surface area contributed by atoms with Gasteiger partial charge in [0.25, 0.3) is 0 Å². The predicted molar refractivity (Wildman–Crippen MR) is 358 cm³/mol. The molecular weight excluding hydrogens is 1400 g/mol. The Morgan fingerprint density at radius 1 is 0.781 bits per heavy atom. The van der Waals surface area contributed by atoms with Crippen LogP contribution in [0.1, 0.15) is 80.1 Å². The third-order valence-corrected chi connectivity index (χ3v) is 108. The van der Waals surface area contributed by atoms with Crippen molar-refractivity contribution in [2.45, 2.75) is 83.1 Å². The number of alkyl halides is 4. The first-order chi connectivity index (χ1) is 33.6. The third kappa shape index (κ3) is 22.0. The Balaban J connectivity index is 0.000000320. The molecule has 1 aromatic heterocycles. The van der Waals surface area contributed by atoms with E-state index in [-0.39, 0.29) is 67.0 Å². The lowest BCUT2D eigenvalue weighted by Crippen LogP contribution is -2.41. The molecule has 1 fully saturated rings. The van der Waals surface area contributed by atoms with Crippen LogP contribution in [0.2, 0.25) is 5.02 Å². The first-order valence-electron chi connectivity index (χ1n) is 20.8. The molecule has 0 bridgehead atoms. The molecule has 1 aliphatic heterocycles. The fraction of sp³-hybridized carbons (Fsp3) is 0.317. The minimum atomic E-state index is -4.37. The van der Waals surface area contributed by atoms with Gasteiger partial charge in [-0.05, 0) is 149 Å². The number of hydrogen-bond donors (Lipinski definition) is 3. The van der Waals surface area contributed by atoms with Crippen molar-refractivity contribution in [3.63, 3.8) is 0 Å². The highest BCUT2D eigenvalue weighted by atomic mass is 79.9. The summed E-state index contributed by atoms with van der Waals surface area (Å²) in [5.74, 6) is -2.76. The molecule has 0 aliphatic carbocycles. The van der Waals surface area contributed by atoms with E-state index in [1.165, 1.54) is 12.1 Å². The maximum Gasteiger partial charge on any atom is 0.494 e. The van der Waals surface area contributed by atoms with Gasteiger partial charge in [-0.2, -0.15) is 13.2 Å². The van der Waals surface area contributed by atoms with Crippen molar-refractivity contribution >= 4 is 208 Å². The monoisotopic (exact) mass is 1450 g/mol. The molecule has 5 aromatic rings. The Labute approximate surface area is 478 Å². The highest BCUT2D eigenvalue weighted by Crippen LogP contribution is 3.24. The summed E-state index contributed by atoms with van der Waals surface area (Å²) >= 11 is 11.8. The quantitative estimate of drug-likeness (QED) is 0.0487. The number of aliphatic carboxylic acids is 1. The molecule has 4 N–H and O–H groups in total. The normalized spacial score (nSPS) is 14.9. The molecule has 32 heteroatoms. The number of halogens is 7. The lowest BCUT2D eigenvalue weighted by molar-refractivity contribution is -0.153. The van der Waals surface area contributed by atoms with Gasteiger partial charge in [-0.15, -0.1) is 80.4 Å². The van der Waals surface area contributed by atoms with Gasteiger partial charge < -0.3 is 29.7 Å². The number of aromatic carboxylic acids is 1. The lowest BCUT2D eigenvalue weighted by Gasteiger charge is -2.40. The number of hydrogen-bond acceptors (Lipinski definition) is 6. The summed E-state index contributed by atoms with van der Waals surface area (Å²) in [6.07, 6.45) is -4.37. The summed E-state index contributed by atoms with van der Waals surface area (Å²) in [5, 5.41) is 20.8. The third-order valence-electron chi connectivity index (χ3n) is 10.6. The molecular formula is C41H61BBr2ClF4NO7P16. The van der Waals surface area contributed by atoms with Crippen LogP contribution in [0.3, 0.4) is 0 Å². The van der Waals surface area contributed by atoms with E-state index in [0.717, 1.165) is 33.4 Å².